The molecule has 0 aliphatic heterocycles. The third-order valence-corrected chi connectivity index (χ3v) is 6.09. The smallest absolute Gasteiger partial charge is 0.306 e. The van der Waals surface area contributed by atoms with Crippen molar-refractivity contribution in [2.75, 3.05) is 11.1 Å². The largest absolute Gasteiger partial charge is 0.460 e. The van der Waals surface area contributed by atoms with Crippen molar-refractivity contribution < 1.29 is 13.9 Å². The van der Waals surface area contributed by atoms with E-state index in [1.54, 1.807) is 12.3 Å². The zero-order valence-electron chi connectivity index (χ0n) is 20.2. The second-order valence-corrected chi connectivity index (χ2v) is 10.1. The molecule has 0 atom stereocenters. The van der Waals surface area contributed by atoms with E-state index in [1.165, 1.54) is 12.1 Å². The first-order valence-corrected chi connectivity index (χ1v) is 11.8. The number of hydrogen-bond acceptors (Lipinski definition) is 7. The zero-order chi connectivity index (χ0) is 24.5. The highest BCUT2D eigenvalue weighted by Crippen LogP contribution is 2.30. The number of esters is 1. The first-order chi connectivity index (χ1) is 16.1. The van der Waals surface area contributed by atoms with Gasteiger partial charge in [0, 0.05) is 18.0 Å². The summed E-state index contributed by atoms with van der Waals surface area (Å²) in [6.45, 7) is 7.64. The molecule has 1 saturated carbocycles. The standard InChI is InChI=1S/C26H32FN5O2/c1-15-11-21(17-7-10-20(28)19(27)13-17)31-22-14-29-25(32-24(15)22)30-18-8-5-16(6-9-18)12-23(33)34-26(2,3)4/h7,10-11,13-14,16,18H,5-6,8-9,12,28H2,1-4H3,(H,29,30,32). The van der Waals surface area contributed by atoms with Crippen LogP contribution in [-0.2, 0) is 9.53 Å². The van der Waals surface area contributed by atoms with Crippen LogP contribution in [-0.4, -0.2) is 32.6 Å². The number of aromatic nitrogens is 3. The Labute approximate surface area is 199 Å². The Kier molecular flexibility index (Phi) is 6.68. The molecule has 1 aliphatic carbocycles. The second kappa shape index (κ2) is 9.52. The van der Waals surface area contributed by atoms with Crippen molar-refractivity contribution in [3.05, 3.63) is 41.8 Å². The van der Waals surface area contributed by atoms with Crippen LogP contribution in [0.4, 0.5) is 16.0 Å². The average molecular weight is 466 g/mol. The maximum absolute atomic E-state index is 13.9. The van der Waals surface area contributed by atoms with Crippen molar-refractivity contribution in [1.82, 2.24) is 15.0 Å². The van der Waals surface area contributed by atoms with Crippen molar-refractivity contribution in [2.24, 2.45) is 5.92 Å². The van der Waals surface area contributed by atoms with Gasteiger partial charge in [0.05, 0.1) is 23.1 Å². The van der Waals surface area contributed by atoms with Crippen LogP contribution in [0.1, 0.15) is 58.4 Å². The van der Waals surface area contributed by atoms with Gasteiger partial charge in [-0.1, -0.05) is 6.07 Å². The number of rotatable bonds is 5. The van der Waals surface area contributed by atoms with Crippen molar-refractivity contribution in [1.29, 1.82) is 0 Å². The number of benzene rings is 1. The van der Waals surface area contributed by atoms with Crippen molar-refractivity contribution in [3.8, 4) is 11.3 Å². The normalized spacial score (nSPS) is 18.6. The number of carbonyl (C=O) groups is 1. The molecule has 2 heterocycles. The molecule has 34 heavy (non-hydrogen) atoms. The van der Waals surface area contributed by atoms with Gasteiger partial charge in [-0.25, -0.2) is 19.3 Å². The Hall–Kier alpha value is -3.29. The Morgan fingerprint density at radius 3 is 2.59 bits per heavy atom. The number of hydrogen-bond donors (Lipinski definition) is 2. The van der Waals surface area contributed by atoms with E-state index in [1.807, 2.05) is 33.8 Å². The number of anilines is 2. The van der Waals surface area contributed by atoms with Crippen molar-refractivity contribution >= 4 is 28.6 Å². The summed E-state index contributed by atoms with van der Waals surface area (Å²) in [5.41, 5.74) is 8.91. The second-order valence-electron chi connectivity index (χ2n) is 10.1. The highest BCUT2D eigenvalue weighted by molar-refractivity contribution is 5.81. The Bertz CT molecular complexity index is 1200. The van der Waals surface area contributed by atoms with Crippen molar-refractivity contribution in [3.63, 3.8) is 0 Å². The quantitative estimate of drug-likeness (QED) is 0.383. The van der Waals surface area contributed by atoms with Crippen LogP contribution in [0.2, 0.25) is 0 Å². The summed E-state index contributed by atoms with van der Waals surface area (Å²) >= 11 is 0. The molecule has 0 saturated heterocycles. The maximum Gasteiger partial charge on any atom is 0.306 e. The lowest BCUT2D eigenvalue weighted by atomic mass is 9.84. The van der Waals surface area contributed by atoms with Crippen LogP contribution in [0.15, 0.2) is 30.5 Å². The van der Waals surface area contributed by atoms with E-state index in [0.29, 0.717) is 35.1 Å². The minimum Gasteiger partial charge on any atom is -0.460 e. The summed E-state index contributed by atoms with van der Waals surface area (Å²) in [5.74, 6) is 0.340. The lowest BCUT2D eigenvalue weighted by Gasteiger charge is -2.29. The number of fused-ring (bicyclic) bond motifs is 1. The molecule has 3 aromatic rings. The SMILES string of the molecule is Cc1cc(-c2ccc(N)c(F)c2)nc2cnc(NC3CCC(CC(=O)OC(C)(C)C)CC3)nc12. The Balaban J connectivity index is 1.40. The number of aryl methyl sites for hydroxylation is 1. The fourth-order valence-corrected chi connectivity index (χ4v) is 4.40. The minimum absolute atomic E-state index is 0.110. The van der Waals surface area contributed by atoms with Crippen LogP contribution < -0.4 is 11.1 Å². The number of halogens is 1. The molecule has 180 valence electrons. The first-order valence-electron chi connectivity index (χ1n) is 11.8. The molecule has 0 spiro atoms. The summed E-state index contributed by atoms with van der Waals surface area (Å²) in [5, 5.41) is 3.44. The van der Waals surface area contributed by atoms with E-state index in [0.717, 1.165) is 36.8 Å². The molecule has 0 radical (unpaired) electrons. The lowest BCUT2D eigenvalue weighted by molar-refractivity contribution is -0.156. The minimum atomic E-state index is -0.464. The Morgan fingerprint density at radius 2 is 1.91 bits per heavy atom. The van der Waals surface area contributed by atoms with Crippen LogP contribution in [0.3, 0.4) is 0 Å². The molecule has 0 amide bonds. The summed E-state index contributed by atoms with van der Waals surface area (Å²) in [7, 11) is 0. The topological polar surface area (TPSA) is 103 Å². The predicted octanol–water partition coefficient (Wildman–Crippen LogP) is 5.42. The summed E-state index contributed by atoms with van der Waals surface area (Å²) in [4.78, 5) is 25.9. The molecule has 1 aliphatic rings. The third kappa shape index (κ3) is 5.79. The highest BCUT2D eigenvalue weighted by Gasteiger charge is 2.26. The molecule has 2 aromatic heterocycles. The summed E-state index contributed by atoms with van der Waals surface area (Å²) in [6, 6.07) is 6.84. The molecular weight excluding hydrogens is 433 g/mol. The number of nitrogens with two attached hydrogens (primary N) is 1. The van der Waals surface area contributed by atoms with Crippen LogP contribution in [0.5, 0.6) is 0 Å². The molecular formula is C26H32FN5O2. The number of pyridine rings is 1. The predicted molar refractivity (Wildman–Crippen MR) is 132 cm³/mol. The molecule has 4 rings (SSSR count). The molecule has 0 bridgehead atoms. The number of ether oxygens (including phenoxy) is 1. The van der Waals surface area contributed by atoms with Gasteiger partial charge in [-0.05, 0) is 83.1 Å². The monoisotopic (exact) mass is 465 g/mol. The highest BCUT2D eigenvalue weighted by atomic mass is 19.1. The van der Waals surface area contributed by atoms with E-state index < -0.39 is 11.4 Å². The maximum atomic E-state index is 13.9. The fraction of sp³-hybridized carbons (Fsp3) is 0.462. The fourth-order valence-electron chi connectivity index (χ4n) is 4.40. The van der Waals surface area contributed by atoms with Gasteiger partial charge in [0.2, 0.25) is 5.95 Å². The lowest BCUT2D eigenvalue weighted by Crippen LogP contribution is -2.30. The molecule has 0 unspecified atom stereocenters. The van der Waals surface area contributed by atoms with Crippen LogP contribution in [0.25, 0.3) is 22.3 Å². The van der Waals surface area contributed by atoms with Gasteiger partial charge in [-0.15, -0.1) is 0 Å². The molecule has 1 fully saturated rings. The van der Waals surface area contributed by atoms with Gasteiger partial charge in [0.25, 0.3) is 0 Å². The van der Waals surface area contributed by atoms with E-state index >= 15 is 0 Å². The Morgan fingerprint density at radius 1 is 1.18 bits per heavy atom. The summed E-state index contributed by atoms with van der Waals surface area (Å²) < 4.78 is 19.4. The van der Waals surface area contributed by atoms with Gasteiger partial charge in [-0.2, -0.15) is 0 Å². The van der Waals surface area contributed by atoms with E-state index in [4.69, 9.17) is 15.5 Å². The average Bonchev–Trinajstić information content (AvgIpc) is 2.76. The van der Waals surface area contributed by atoms with Gasteiger partial charge in [0.15, 0.2) is 0 Å². The van der Waals surface area contributed by atoms with Gasteiger partial charge >= 0.3 is 5.97 Å². The van der Waals surface area contributed by atoms with E-state index in [-0.39, 0.29) is 17.7 Å². The van der Waals surface area contributed by atoms with Crippen molar-refractivity contribution in [2.45, 2.75) is 71.4 Å². The summed E-state index contributed by atoms with van der Waals surface area (Å²) in [6.07, 6.45) is 6.01. The molecule has 3 N–H and O–H groups in total. The van der Waals surface area contributed by atoms with Crippen LogP contribution >= 0.6 is 0 Å². The first kappa shape index (κ1) is 23.9. The molecule has 7 nitrogen and oxygen atoms in total. The van der Waals surface area contributed by atoms with Crippen LogP contribution in [0, 0.1) is 18.7 Å². The van der Waals surface area contributed by atoms with Gasteiger partial charge < -0.3 is 15.8 Å². The number of carbonyl (C=O) groups excluding carboxylic acids is 1. The third-order valence-electron chi connectivity index (χ3n) is 6.09. The van der Waals surface area contributed by atoms with Gasteiger partial charge in [-0.3, -0.25) is 4.79 Å². The molecule has 1 aromatic carbocycles. The number of nitrogens with zero attached hydrogens (tertiary/aromatic N) is 3. The van der Waals surface area contributed by atoms with E-state index in [2.05, 4.69) is 15.3 Å². The molecule has 8 heteroatoms. The van der Waals surface area contributed by atoms with E-state index in [9.17, 15) is 9.18 Å². The van der Waals surface area contributed by atoms with Gasteiger partial charge in [0.1, 0.15) is 16.9 Å². The zero-order valence-corrected chi connectivity index (χ0v) is 20.2. The number of nitrogens with one attached hydrogen (secondary N) is 1. The number of nitrogen functional groups attached to an aromatic ring is 1.